The third-order valence-corrected chi connectivity index (χ3v) is 5.12. The number of carbonyl (C=O) groups excluding carboxylic acids is 1. The Bertz CT molecular complexity index is 1100. The van der Waals surface area contributed by atoms with E-state index in [2.05, 4.69) is 15.4 Å². The quantitative estimate of drug-likeness (QED) is 0.760. The maximum Gasteiger partial charge on any atom is 0.257 e. The molecule has 0 saturated carbocycles. The van der Waals surface area contributed by atoms with Gasteiger partial charge in [0.25, 0.3) is 5.91 Å². The Kier molecular flexibility index (Phi) is 4.53. The molecule has 1 amide bonds. The van der Waals surface area contributed by atoms with E-state index in [1.807, 2.05) is 13.8 Å². The van der Waals surface area contributed by atoms with Gasteiger partial charge in [-0.2, -0.15) is 5.10 Å². The van der Waals surface area contributed by atoms with Crippen molar-refractivity contribution in [3.63, 3.8) is 0 Å². The summed E-state index contributed by atoms with van der Waals surface area (Å²) in [5.74, 6) is -0.347. The van der Waals surface area contributed by atoms with Gasteiger partial charge in [0.2, 0.25) is 0 Å². The van der Waals surface area contributed by atoms with E-state index in [0.717, 1.165) is 17.3 Å². The highest BCUT2D eigenvalue weighted by molar-refractivity contribution is 7.90. The summed E-state index contributed by atoms with van der Waals surface area (Å²) in [6.07, 6.45) is 2.81. The van der Waals surface area contributed by atoms with Gasteiger partial charge >= 0.3 is 0 Å². The molecule has 0 aliphatic rings. The van der Waals surface area contributed by atoms with Crippen LogP contribution in [0.5, 0.6) is 0 Å². The number of pyridine rings is 1. The van der Waals surface area contributed by atoms with E-state index >= 15 is 0 Å². The lowest BCUT2D eigenvalue weighted by atomic mass is 10.1. The number of amides is 1. The lowest BCUT2D eigenvalue weighted by molar-refractivity contribution is 0.102. The number of benzene rings is 1. The number of carbonyl (C=O) groups is 1. The van der Waals surface area contributed by atoms with Crippen molar-refractivity contribution in [3.05, 3.63) is 47.8 Å². The minimum Gasteiger partial charge on any atom is -0.322 e. The van der Waals surface area contributed by atoms with Crippen molar-refractivity contribution in [2.24, 2.45) is 0 Å². The summed E-state index contributed by atoms with van der Waals surface area (Å²) in [7, 11) is -3.34. The first-order valence-corrected chi connectivity index (χ1v) is 10.0. The normalized spacial score (nSPS) is 11.9. The Morgan fingerprint density at radius 1 is 1.23 bits per heavy atom. The molecule has 136 valence electrons. The fourth-order valence-corrected chi connectivity index (χ4v) is 3.34. The van der Waals surface area contributed by atoms with Gasteiger partial charge in [0.05, 0.1) is 22.3 Å². The molecular weight excluding hydrogens is 352 g/mol. The Hall–Kier alpha value is -2.74. The molecule has 0 atom stereocenters. The van der Waals surface area contributed by atoms with E-state index in [0.29, 0.717) is 16.9 Å². The number of nitrogens with zero attached hydrogens (tertiary/aromatic N) is 3. The first kappa shape index (κ1) is 18.1. The number of nitrogens with one attached hydrogen (secondary N) is 1. The molecule has 3 aromatic rings. The summed E-state index contributed by atoms with van der Waals surface area (Å²) in [5, 5.41) is 7.83. The van der Waals surface area contributed by atoms with E-state index in [1.54, 1.807) is 36.0 Å². The lowest BCUT2D eigenvalue weighted by Gasteiger charge is -2.10. The molecule has 0 bridgehead atoms. The van der Waals surface area contributed by atoms with Crippen LogP contribution in [-0.4, -0.2) is 35.3 Å². The number of sulfone groups is 1. The van der Waals surface area contributed by atoms with E-state index < -0.39 is 9.84 Å². The van der Waals surface area contributed by atoms with Crippen LogP contribution < -0.4 is 5.32 Å². The molecule has 7 nitrogen and oxygen atoms in total. The first-order valence-electron chi connectivity index (χ1n) is 8.13. The predicted octanol–water partition coefficient (Wildman–Crippen LogP) is 2.98. The number of rotatable bonds is 4. The average molecular weight is 372 g/mol. The highest BCUT2D eigenvalue weighted by atomic mass is 32.2. The maximum absolute atomic E-state index is 12.7. The zero-order valence-electron chi connectivity index (χ0n) is 15.0. The third-order valence-electron chi connectivity index (χ3n) is 4.01. The van der Waals surface area contributed by atoms with Gasteiger partial charge in [0, 0.05) is 23.4 Å². The van der Waals surface area contributed by atoms with Crippen LogP contribution in [0.2, 0.25) is 0 Å². The van der Waals surface area contributed by atoms with Crippen LogP contribution >= 0.6 is 0 Å². The zero-order valence-corrected chi connectivity index (χ0v) is 15.8. The van der Waals surface area contributed by atoms with Gasteiger partial charge in [-0.05, 0) is 45.0 Å². The second-order valence-electron chi connectivity index (χ2n) is 6.47. The first-order chi connectivity index (χ1) is 12.2. The molecule has 0 aliphatic carbocycles. The van der Waals surface area contributed by atoms with E-state index in [-0.39, 0.29) is 16.8 Å². The Morgan fingerprint density at radius 3 is 2.62 bits per heavy atom. The molecule has 0 unspecified atom stereocenters. The molecule has 0 fully saturated rings. The maximum atomic E-state index is 12.7. The largest absolute Gasteiger partial charge is 0.322 e. The Labute approximate surface area is 152 Å². The van der Waals surface area contributed by atoms with Gasteiger partial charge in [0.15, 0.2) is 15.5 Å². The van der Waals surface area contributed by atoms with Gasteiger partial charge < -0.3 is 5.32 Å². The molecule has 8 heteroatoms. The molecular formula is C18H20N4O3S. The third kappa shape index (κ3) is 3.45. The van der Waals surface area contributed by atoms with Crippen LogP contribution in [-0.2, 0) is 9.84 Å². The van der Waals surface area contributed by atoms with Crippen LogP contribution in [0.25, 0.3) is 11.0 Å². The molecule has 2 heterocycles. The van der Waals surface area contributed by atoms with E-state index in [1.165, 1.54) is 12.1 Å². The molecule has 2 aromatic heterocycles. The topological polar surface area (TPSA) is 93.9 Å². The second kappa shape index (κ2) is 6.53. The number of aryl methyl sites for hydroxylation is 1. The van der Waals surface area contributed by atoms with Gasteiger partial charge in [-0.3, -0.25) is 4.79 Å². The number of fused-ring (bicyclic) bond motifs is 1. The standard InChI is InChI=1S/C18H20N4O3S/c1-11(2)22-17-13(10-19-22)8-16(12(3)20-17)18(23)21-14-6-5-7-15(9-14)26(4,24)25/h5-11H,1-4H3,(H,21,23). The van der Waals surface area contributed by atoms with E-state index in [9.17, 15) is 13.2 Å². The summed E-state index contributed by atoms with van der Waals surface area (Å²) in [6.45, 7) is 5.79. The van der Waals surface area contributed by atoms with Crippen molar-refractivity contribution in [2.45, 2.75) is 31.7 Å². The minimum absolute atomic E-state index is 0.152. The summed E-state index contributed by atoms with van der Waals surface area (Å²) in [6, 6.07) is 8.07. The fraction of sp³-hybridized carbons (Fsp3) is 0.278. The number of hydrogen-bond acceptors (Lipinski definition) is 5. The second-order valence-corrected chi connectivity index (χ2v) is 8.49. The van der Waals surface area contributed by atoms with E-state index in [4.69, 9.17) is 0 Å². The van der Waals surface area contributed by atoms with Crippen molar-refractivity contribution in [1.29, 1.82) is 0 Å². The van der Waals surface area contributed by atoms with Crippen LogP contribution in [0.15, 0.2) is 41.4 Å². The average Bonchev–Trinajstić information content (AvgIpc) is 2.96. The molecule has 0 saturated heterocycles. The summed E-state index contributed by atoms with van der Waals surface area (Å²) < 4.78 is 25.1. The Balaban J connectivity index is 1.94. The van der Waals surface area contributed by atoms with Crippen LogP contribution in [0, 0.1) is 6.92 Å². The molecule has 0 spiro atoms. The molecule has 1 aromatic carbocycles. The molecule has 1 N–H and O–H groups in total. The smallest absolute Gasteiger partial charge is 0.257 e. The number of aromatic nitrogens is 3. The number of hydrogen-bond donors (Lipinski definition) is 1. The van der Waals surface area contributed by atoms with Crippen molar-refractivity contribution in [1.82, 2.24) is 14.8 Å². The number of anilines is 1. The summed E-state index contributed by atoms with van der Waals surface area (Å²) >= 11 is 0. The van der Waals surface area contributed by atoms with Gasteiger partial charge in [-0.1, -0.05) is 6.07 Å². The highest BCUT2D eigenvalue weighted by Gasteiger charge is 2.16. The summed E-state index contributed by atoms with van der Waals surface area (Å²) in [4.78, 5) is 17.3. The molecule has 0 radical (unpaired) electrons. The zero-order chi connectivity index (χ0) is 19.1. The van der Waals surface area contributed by atoms with Crippen molar-refractivity contribution < 1.29 is 13.2 Å². The monoisotopic (exact) mass is 372 g/mol. The SMILES string of the molecule is Cc1nc2c(cnn2C(C)C)cc1C(=O)Nc1cccc(S(C)(=O)=O)c1. The van der Waals surface area contributed by atoms with Gasteiger partial charge in [0.1, 0.15) is 0 Å². The van der Waals surface area contributed by atoms with Crippen molar-refractivity contribution >= 4 is 32.5 Å². The molecule has 0 aliphatic heterocycles. The van der Waals surface area contributed by atoms with Crippen molar-refractivity contribution in [3.8, 4) is 0 Å². The lowest BCUT2D eigenvalue weighted by Crippen LogP contribution is -2.15. The van der Waals surface area contributed by atoms with Crippen LogP contribution in [0.4, 0.5) is 5.69 Å². The van der Waals surface area contributed by atoms with Crippen LogP contribution in [0.3, 0.4) is 0 Å². The highest BCUT2D eigenvalue weighted by Crippen LogP contribution is 2.21. The van der Waals surface area contributed by atoms with Crippen molar-refractivity contribution in [2.75, 3.05) is 11.6 Å². The van der Waals surface area contributed by atoms with Crippen LogP contribution in [0.1, 0.15) is 35.9 Å². The minimum atomic E-state index is -3.34. The Morgan fingerprint density at radius 2 is 1.96 bits per heavy atom. The fourth-order valence-electron chi connectivity index (χ4n) is 2.68. The molecule has 26 heavy (non-hydrogen) atoms. The molecule has 3 rings (SSSR count). The van der Waals surface area contributed by atoms with Gasteiger partial charge in [-0.15, -0.1) is 0 Å². The predicted molar refractivity (Wildman–Crippen MR) is 100 cm³/mol. The summed E-state index contributed by atoms with van der Waals surface area (Å²) in [5.41, 5.74) is 2.14. The van der Waals surface area contributed by atoms with Gasteiger partial charge in [-0.25, -0.2) is 18.1 Å².